The number of para-hydroxylation sites is 1. The normalized spacial score (nSPS) is 10.6. The van der Waals surface area contributed by atoms with Gasteiger partial charge in [-0.2, -0.15) is 0 Å². The van der Waals surface area contributed by atoms with Crippen molar-refractivity contribution in [3.63, 3.8) is 0 Å². The Morgan fingerprint density at radius 3 is 2.57 bits per heavy atom. The molecule has 0 spiro atoms. The zero-order chi connectivity index (χ0) is 15.1. The summed E-state index contributed by atoms with van der Waals surface area (Å²) in [5.41, 5.74) is 2.29. The lowest BCUT2D eigenvalue weighted by Gasteiger charge is -2.19. The Balaban J connectivity index is 1.69. The molecule has 2 rings (SSSR count). The molecule has 2 nitrogen and oxygen atoms in total. The summed E-state index contributed by atoms with van der Waals surface area (Å²) >= 11 is 12.1. The van der Waals surface area contributed by atoms with E-state index in [4.69, 9.17) is 23.2 Å². The summed E-state index contributed by atoms with van der Waals surface area (Å²) < 4.78 is 0. The molecule has 1 N–H and O–H groups in total. The fraction of sp³-hybridized carbons (Fsp3) is 0.294. The molecule has 0 unspecified atom stereocenters. The highest BCUT2D eigenvalue weighted by Crippen LogP contribution is 2.20. The number of benzene rings is 2. The maximum atomic E-state index is 6.13. The minimum atomic E-state index is 0.722. The molecule has 0 bridgehead atoms. The van der Waals surface area contributed by atoms with Crippen LogP contribution in [-0.2, 0) is 6.54 Å². The smallest absolute Gasteiger partial charge is 0.0451 e. The first-order valence-corrected chi connectivity index (χ1v) is 7.83. The van der Waals surface area contributed by atoms with Crippen molar-refractivity contribution in [3.8, 4) is 0 Å². The van der Waals surface area contributed by atoms with E-state index in [2.05, 4.69) is 41.5 Å². The highest BCUT2D eigenvalue weighted by Gasteiger charge is 2.02. The maximum Gasteiger partial charge on any atom is 0.0451 e. The zero-order valence-corrected chi connectivity index (χ0v) is 13.7. The van der Waals surface area contributed by atoms with Gasteiger partial charge in [-0.1, -0.05) is 41.4 Å². The Bertz CT molecular complexity index is 558. The van der Waals surface area contributed by atoms with E-state index >= 15 is 0 Å². The van der Waals surface area contributed by atoms with Gasteiger partial charge in [0.15, 0.2) is 0 Å². The molecule has 2 aromatic carbocycles. The summed E-state index contributed by atoms with van der Waals surface area (Å²) in [6.07, 6.45) is 1.07. The van der Waals surface area contributed by atoms with Crippen LogP contribution in [0, 0.1) is 0 Å². The fourth-order valence-corrected chi connectivity index (χ4v) is 2.53. The Hall–Kier alpha value is -1.22. The number of anilines is 1. The van der Waals surface area contributed by atoms with Crippen LogP contribution < -0.4 is 10.2 Å². The van der Waals surface area contributed by atoms with Crippen LogP contribution in [0.3, 0.4) is 0 Å². The molecule has 0 saturated heterocycles. The molecule has 2 aromatic rings. The van der Waals surface area contributed by atoms with Gasteiger partial charge in [-0.15, -0.1) is 0 Å². The SMILES string of the molecule is CN(CCCNCc1cc(Cl)ccc1Cl)c1ccccc1. The lowest BCUT2D eigenvalue weighted by atomic mass is 10.2. The fourth-order valence-electron chi connectivity index (χ4n) is 2.15. The minimum Gasteiger partial charge on any atom is -0.375 e. The van der Waals surface area contributed by atoms with Crippen molar-refractivity contribution in [2.24, 2.45) is 0 Å². The number of rotatable bonds is 7. The van der Waals surface area contributed by atoms with Crippen molar-refractivity contribution in [1.82, 2.24) is 5.32 Å². The third-order valence-corrected chi connectivity index (χ3v) is 3.97. The van der Waals surface area contributed by atoms with Crippen LogP contribution >= 0.6 is 23.2 Å². The molecule has 0 heterocycles. The molecule has 112 valence electrons. The van der Waals surface area contributed by atoms with Crippen molar-refractivity contribution in [1.29, 1.82) is 0 Å². The molecule has 4 heteroatoms. The zero-order valence-electron chi connectivity index (χ0n) is 12.2. The maximum absolute atomic E-state index is 6.13. The number of nitrogens with zero attached hydrogens (tertiary/aromatic N) is 1. The quantitative estimate of drug-likeness (QED) is 0.749. The summed E-state index contributed by atoms with van der Waals surface area (Å²) in [4.78, 5) is 2.26. The van der Waals surface area contributed by atoms with Crippen molar-refractivity contribution in [3.05, 3.63) is 64.1 Å². The number of hydrogen-bond donors (Lipinski definition) is 1. The molecule has 21 heavy (non-hydrogen) atoms. The summed E-state index contributed by atoms with van der Waals surface area (Å²) in [7, 11) is 2.11. The summed E-state index contributed by atoms with van der Waals surface area (Å²) in [6.45, 7) is 2.70. The van der Waals surface area contributed by atoms with E-state index in [9.17, 15) is 0 Å². The first kappa shape index (κ1) is 16.2. The first-order chi connectivity index (χ1) is 10.2. The first-order valence-electron chi connectivity index (χ1n) is 7.07. The second-order valence-electron chi connectivity index (χ2n) is 5.02. The molecule has 0 aliphatic rings. The molecular weight excluding hydrogens is 303 g/mol. The lowest BCUT2D eigenvalue weighted by Crippen LogP contribution is -2.23. The Labute approximate surface area is 136 Å². The van der Waals surface area contributed by atoms with Crippen molar-refractivity contribution < 1.29 is 0 Å². The van der Waals surface area contributed by atoms with Gasteiger partial charge in [0.05, 0.1) is 0 Å². The largest absolute Gasteiger partial charge is 0.375 e. The minimum absolute atomic E-state index is 0.722. The van der Waals surface area contributed by atoms with Crippen molar-refractivity contribution >= 4 is 28.9 Å². The number of hydrogen-bond acceptors (Lipinski definition) is 2. The second-order valence-corrected chi connectivity index (χ2v) is 5.87. The summed E-state index contributed by atoms with van der Waals surface area (Å²) in [6, 6.07) is 16.0. The monoisotopic (exact) mass is 322 g/mol. The van der Waals surface area contributed by atoms with E-state index in [-0.39, 0.29) is 0 Å². The second kappa shape index (κ2) is 8.28. The predicted molar refractivity (Wildman–Crippen MR) is 92.5 cm³/mol. The van der Waals surface area contributed by atoms with Gasteiger partial charge in [-0.3, -0.25) is 0 Å². The highest BCUT2D eigenvalue weighted by molar-refractivity contribution is 6.33. The Morgan fingerprint density at radius 1 is 1.05 bits per heavy atom. The van der Waals surface area contributed by atoms with Gasteiger partial charge in [0.1, 0.15) is 0 Å². The molecule has 0 fully saturated rings. The Kier molecular flexibility index (Phi) is 6.37. The standard InChI is InChI=1S/C17H20Cl2N2/c1-21(16-6-3-2-4-7-16)11-5-10-20-13-14-12-15(18)8-9-17(14)19/h2-4,6-9,12,20H,5,10-11,13H2,1H3. The van der Waals surface area contributed by atoms with Crippen LogP contribution in [0.2, 0.25) is 10.0 Å². The third kappa shape index (κ3) is 5.24. The molecule has 0 atom stereocenters. The van der Waals surface area contributed by atoms with Crippen LogP contribution in [0.4, 0.5) is 5.69 Å². The van der Waals surface area contributed by atoms with Gasteiger partial charge in [-0.25, -0.2) is 0 Å². The number of halogens is 2. The molecule has 0 saturated carbocycles. The van der Waals surface area contributed by atoms with E-state index in [1.807, 2.05) is 24.3 Å². The summed E-state index contributed by atoms with van der Waals surface area (Å²) in [5.74, 6) is 0. The van der Waals surface area contributed by atoms with Crippen molar-refractivity contribution in [2.75, 3.05) is 25.0 Å². The van der Waals surface area contributed by atoms with E-state index in [1.165, 1.54) is 5.69 Å². The van der Waals surface area contributed by atoms with E-state index < -0.39 is 0 Å². The molecule has 0 aromatic heterocycles. The van der Waals surface area contributed by atoms with Crippen LogP contribution in [0.25, 0.3) is 0 Å². The van der Waals surface area contributed by atoms with Crippen LogP contribution in [0.15, 0.2) is 48.5 Å². The molecule has 0 aliphatic carbocycles. The van der Waals surface area contributed by atoms with Gasteiger partial charge < -0.3 is 10.2 Å². The summed E-state index contributed by atoms with van der Waals surface area (Å²) in [5, 5.41) is 4.89. The lowest BCUT2D eigenvalue weighted by molar-refractivity contribution is 0.646. The van der Waals surface area contributed by atoms with Crippen LogP contribution in [0.5, 0.6) is 0 Å². The molecule has 0 radical (unpaired) electrons. The molecule has 0 aliphatic heterocycles. The molecule has 0 amide bonds. The van der Waals surface area contributed by atoms with Gasteiger partial charge in [0, 0.05) is 35.9 Å². The Morgan fingerprint density at radius 2 is 1.81 bits per heavy atom. The predicted octanol–water partition coefficient (Wildman–Crippen LogP) is 4.61. The van der Waals surface area contributed by atoms with Crippen LogP contribution in [0.1, 0.15) is 12.0 Å². The number of nitrogens with one attached hydrogen (secondary N) is 1. The molecular formula is C17H20Cl2N2. The van der Waals surface area contributed by atoms with Crippen LogP contribution in [-0.4, -0.2) is 20.1 Å². The van der Waals surface area contributed by atoms with Crippen molar-refractivity contribution in [2.45, 2.75) is 13.0 Å². The average molecular weight is 323 g/mol. The van der Waals surface area contributed by atoms with E-state index in [1.54, 1.807) is 0 Å². The van der Waals surface area contributed by atoms with Gasteiger partial charge in [0.2, 0.25) is 0 Å². The van der Waals surface area contributed by atoms with Gasteiger partial charge in [-0.05, 0) is 48.9 Å². The van der Waals surface area contributed by atoms with Gasteiger partial charge in [0.25, 0.3) is 0 Å². The third-order valence-electron chi connectivity index (χ3n) is 3.37. The van der Waals surface area contributed by atoms with E-state index in [0.717, 1.165) is 41.7 Å². The van der Waals surface area contributed by atoms with E-state index in [0.29, 0.717) is 0 Å². The highest BCUT2D eigenvalue weighted by atomic mass is 35.5. The topological polar surface area (TPSA) is 15.3 Å². The van der Waals surface area contributed by atoms with Gasteiger partial charge >= 0.3 is 0 Å². The average Bonchev–Trinajstić information content (AvgIpc) is 2.51.